The standard InChI is InChI=1S/C24H25NO4/c26-23(27)22(14-16-8-2-1-3-9-16)25-24(28)29-15-21-19-12-6-4-10-17(19)18-11-5-7-13-20(18)21/h1-2,4-7,10-13,16,21-22H,3,8-9,14-15H2,(H,25,28)(H,26,27)/t16?,22-/m0/s1. The van der Waals surface area contributed by atoms with Crippen LogP contribution in [0.15, 0.2) is 60.7 Å². The maximum atomic E-state index is 12.4. The van der Waals surface area contributed by atoms with Crippen molar-refractivity contribution in [3.8, 4) is 11.1 Å². The second kappa shape index (κ2) is 8.52. The Balaban J connectivity index is 1.40. The van der Waals surface area contributed by atoms with E-state index in [2.05, 4.69) is 41.7 Å². The predicted molar refractivity (Wildman–Crippen MR) is 111 cm³/mol. The zero-order valence-corrected chi connectivity index (χ0v) is 16.2. The van der Waals surface area contributed by atoms with E-state index in [1.54, 1.807) is 0 Å². The van der Waals surface area contributed by atoms with Gasteiger partial charge in [-0.2, -0.15) is 0 Å². The molecular formula is C24H25NO4. The lowest BCUT2D eigenvalue weighted by Crippen LogP contribution is -2.42. The van der Waals surface area contributed by atoms with E-state index in [9.17, 15) is 14.7 Å². The van der Waals surface area contributed by atoms with Crippen molar-refractivity contribution in [3.63, 3.8) is 0 Å². The van der Waals surface area contributed by atoms with E-state index in [1.807, 2.05) is 24.3 Å². The summed E-state index contributed by atoms with van der Waals surface area (Å²) >= 11 is 0. The number of benzene rings is 2. The molecule has 0 saturated heterocycles. The molecule has 2 atom stereocenters. The normalized spacial score (nSPS) is 18.6. The van der Waals surface area contributed by atoms with Gasteiger partial charge in [0.2, 0.25) is 0 Å². The number of hydrogen-bond donors (Lipinski definition) is 2. The number of amides is 1. The van der Waals surface area contributed by atoms with E-state index >= 15 is 0 Å². The van der Waals surface area contributed by atoms with Crippen LogP contribution in [0, 0.1) is 5.92 Å². The first-order valence-electron chi connectivity index (χ1n) is 10.1. The second-order valence-electron chi connectivity index (χ2n) is 7.75. The van der Waals surface area contributed by atoms with Crippen molar-refractivity contribution in [1.29, 1.82) is 0 Å². The van der Waals surface area contributed by atoms with Crippen molar-refractivity contribution >= 4 is 12.1 Å². The second-order valence-corrected chi connectivity index (χ2v) is 7.75. The number of ether oxygens (including phenoxy) is 1. The van der Waals surface area contributed by atoms with Crippen molar-refractivity contribution < 1.29 is 19.4 Å². The van der Waals surface area contributed by atoms with Crippen LogP contribution in [0.3, 0.4) is 0 Å². The Hall–Kier alpha value is -3.08. The van der Waals surface area contributed by atoms with Crippen LogP contribution >= 0.6 is 0 Å². The highest BCUT2D eigenvalue weighted by Gasteiger charge is 2.30. The summed E-state index contributed by atoms with van der Waals surface area (Å²) in [6.45, 7) is 0.179. The minimum atomic E-state index is -1.02. The van der Waals surface area contributed by atoms with Crippen LogP contribution in [0.25, 0.3) is 11.1 Å². The van der Waals surface area contributed by atoms with E-state index in [1.165, 1.54) is 0 Å². The SMILES string of the molecule is O=C(N[C@@H](CC1CC=CCC1)C(=O)O)OCC1c2ccccc2-c2ccccc21. The Morgan fingerprint density at radius 1 is 1.03 bits per heavy atom. The fraction of sp³-hybridized carbons (Fsp3) is 0.333. The Labute approximate surface area is 170 Å². The van der Waals surface area contributed by atoms with Gasteiger partial charge >= 0.3 is 12.1 Å². The lowest BCUT2D eigenvalue weighted by Gasteiger charge is -2.22. The molecule has 0 saturated carbocycles. The average Bonchev–Trinajstić information content (AvgIpc) is 3.06. The van der Waals surface area contributed by atoms with Gasteiger partial charge in [-0.1, -0.05) is 60.7 Å². The van der Waals surface area contributed by atoms with Gasteiger partial charge in [0.05, 0.1) is 0 Å². The highest BCUT2D eigenvalue weighted by atomic mass is 16.5. The number of aliphatic carboxylic acids is 1. The molecule has 0 spiro atoms. The lowest BCUT2D eigenvalue weighted by molar-refractivity contribution is -0.139. The monoisotopic (exact) mass is 391 g/mol. The van der Waals surface area contributed by atoms with Gasteiger partial charge in [0.15, 0.2) is 0 Å². The minimum Gasteiger partial charge on any atom is -0.480 e. The van der Waals surface area contributed by atoms with Gasteiger partial charge in [-0.3, -0.25) is 0 Å². The number of hydrogen-bond acceptors (Lipinski definition) is 3. The van der Waals surface area contributed by atoms with Gasteiger partial charge in [0.1, 0.15) is 12.6 Å². The zero-order chi connectivity index (χ0) is 20.2. The van der Waals surface area contributed by atoms with Crippen LogP contribution in [0.4, 0.5) is 4.79 Å². The molecule has 2 N–H and O–H groups in total. The predicted octanol–water partition coefficient (Wildman–Crippen LogP) is 4.72. The van der Waals surface area contributed by atoms with Gasteiger partial charge in [-0.15, -0.1) is 0 Å². The largest absolute Gasteiger partial charge is 0.480 e. The average molecular weight is 391 g/mol. The Morgan fingerprint density at radius 3 is 2.28 bits per heavy atom. The van der Waals surface area contributed by atoms with Gasteiger partial charge in [0.25, 0.3) is 0 Å². The molecular weight excluding hydrogens is 366 g/mol. The Kier molecular flexibility index (Phi) is 5.65. The third kappa shape index (κ3) is 4.19. The van der Waals surface area contributed by atoms with E-state index < -0.39 is 18.1 Å². The maximum absolute atomic E-state index is 12.4. The first kappa shape index (κ1) is 19.2. The minimum absolute atomic E-state index is 0.0418. The molecule has 0 radical (unpaired) electrons. The molecule has 0 bridgehead atoms. The summed E-state index contributed by atoms with van der Waals surface area (Å²) in [5, 5.41) is 12.1. The molecule has 0 aromatic heterocycles. The highest BCUT2D eigenvalue weighted by Crippen LogP contribution is 2.44. The van der Waals surface area contributed by atoms with Crippen LogP contribution in [0.2, 0.25) is 0 Å². The van der Waals surface area contributed by atoms with E-state index in [0.29, 0.717) is 6.42 Å². The third-order valence-electron chi connectivity index (χ3n) is 5.88. The van der Waals surface area contributed by atoms with Crippen LogP contribution in [-0.4, -0.2) is 29.8 Å². The molecule has 2 aromatic rings. The number of carbonyl (C=O) groups excluding carboxylic acids is 1. The van der Waals surface area contributed by atoms with Crippen LogP contribution in [0.5, 0.6) is 0 Å². The molecule has 29 heavy (non-hydrogen) atoms. The molecule has 2 aliphatic carbocycles. The van der Waals surface area contributed by atoms with Crippen molar-refractivity contribution in [2.45, 2.75) is 37.6 Å². The van der Waals surface area contributed by atoms with Gasteiger partial charge in [-0.25, -0.2) is 9.59 Å². The molecule has 2 aromatic carbocycles. The van der Waals surface area contributed by atoms with Crippen molar-refractivity contribution in [1.82, 2.24) is 5.32 Å². The van der Waals surface area contributed by atoms with Crippen LogP contribution < -0.4 is 5.32 Å². The first-order chi connectivity index (χ1) is 14.1. The molecule has 150 valence electrons. The number of carboxylic acids is 1. The fourth-order valence-electron chi connectivity index (χ4n) is 4.41. The summed E-state index contributed by atoms with van der Waals surface area (Å²) in [6, 6.07) is 15.3. The third-order valence-corrected chi connectivity index (χ3v) is 5.88. The smallest absolute Gasteiger partial charge is 0.407 e. The number of carbonyl (C=O) groups is 2. The molecule has 1 amide bonds. The fourth-order valence-corrected chi connectivity index (χ4v) is 4.41. The molecule has 0 aliphatic heterocycles. The van der Waals surface area contributed by atoms with Gasteiger partial charge < -0.3 is 15.2 Å². The molecule has 0 heterocycles. The number of allylic oxidation sites excluding steroid dienone is 2. The number of nitrogens with one attached hydrogen (secondary N) is 1. The van der Waals surface area contributed by atoms with Crippen molar-refractivity contribution in [2.24, 2.45) is 5.92 Å². The molecule has 0 fully saturated rings. The number of rotatable bonds is 6. The summed E-state index contributed by atoms with van der Waals surface area (Å²) in [5.41, 5.74) is 4.58. The van der Waals surface area contributed by atoms with Crippen LogP contribution in [0.1, 0.15) is 42.7 Å². The van der Waals surface area contributed by atoms with Crippen molar-refractivity contribution in [3.05, 3.63) is 71.8 Å². The van der Waals surface area contributed by atoms with E-state index in [-0.39, 0.29) is 18.4 Å². The van der Waals surface area contributed by atoms with Crippen molar-refractivity contribution in [2.75, 3.05) is 6.61 Å². The van der Waals surface area contributed by atoms with Gasteiger partial charge in [-0.05, 0) is 53.9 Å². The summed E-state index contributed by atoms with van der Waals surface area (Å²) in [7, 11) is 0. The van der Waals surface area contributed by atoms with E-state index in [4.69, 9.17) is 4.74 Å². The van der Waals surface area contributed by atoms with Crippen LogP contribution in [-0.2, 0) is 9.53 Å². The topological polar surface area (TPSA) is 75.6 Å². The van der Waals surface area contributed by atoms with E-state index in [0.717, 1.165) is 41.5 Å². The lowest BCUT2D eigenvalue weighted by atomic mass is 9.88. The molecule has 5 heteroatoms. The Morgan fingerprint density at radius 2 is 1.69 bits per heavy atom. The molecule has 2 aliphatic rings. The molecule has 5 nitrogen and oxygen atoms in total. The summed E-state index contributed by atoms with van der Waals surface area (Å²) in [5.74, 6) is -0.789. The number of alkyl carbamates (subject to hydrolysis) is 1. The molecule has 1 unspecified atom stereocenters. The number of carboxylic acid groups (broad SMARTS) is 1. The zero-order valence-electron chi connectivity index (χ0n) is 16.2. The summed E-state index contributed by atoms with van der Waals surface area (Å²) < 4.78 is 5.48. The first-order valence-corrected chi connectivity index (χ1v) is 10.1. The molecule has 4 rings (SSSR count). The van der Waals surface area contributed by atoms with Gasteiger partial charge in [0, 0.05) is 5.92 Å². The summed E-state index contributed by atoms with van der Waals surface area (Å²) in [4.78, 5) is 24.0. The highest BCUT2D eigenvalue weighted by molar-refractivity contribution is 5.81. The quantitative estimate of drug-likeness (QED) is 0.699. The summed E-state index contributed by atoms with van der Waals surface area (Å²) in [6.07, 6.45) is 6.71. The number of fused-ring (bicyclic) bond motifs is 3. The maximum Gasteiger partial charge on any atom is 0.407 e. The Bertz CT molecular complexity index is 890.